The predicted octanol–water partition coefficient (Wildman–Crippen LogP) is 6.78. The van der Waals surface area contributed by atoms with E-state index in [0.717, 1.165) is 82.0 Å². The van der Waals surface area contributed by atoms with Gasteiger partial charge in [0.2, 0.25) is 0 Å². The molecule has 2 N–H and O–H groups in total. The SMILES string of the molecule is Cc1ccc(C(C)n2cc(-c3ccc4nn(C)cc4c3)c3c(N4CCC(N)CC4)c(-c4cc(F)cc(F)c4)cnc32)nc1. The molecule has 1 atom stereocenters. The summed E-state index contributed by atoms with van der Waals surface area (Å²) in [5, 5.41) is 6.51. The minimum atomic E-state index is -0.624. The minimum absolute atomic E-state index is 0.119. The second kappa shape index (κ2) is 10.6. The molecule has 0 saturated carbocycles. The largest absolute Gasteiger partial charge is 0.370 e. The van der Waals surface area contributed by atoms with Gasteiger partial charge in [0.05, 0.1) is 28.3 Å². The third kappa shape index (κ3) is 4.93. The van der Waals surface area contributed by atoms with Crippen molar-refractivity contribution >= 4 is 27.6 Å². The number of nitrogens with two attached hydrogens (primary N) is 1. The third-order valence-electron chi connectivity index (χ3n) is 8.55. The summed E-state index contributed by atoms with van der Waals surface area (Å²) < 4.78 is 33.1. The van der Waals surface area contributed by atoms with Crippen LogP contribution in [0.2, 0.25) is 0 Å². The molecule has 218 valence electrons. The Morgan fingerprint density at radius 3 is 2.37 bits per heavy atom. The molecule has 5 heterocycles. The second-order valence-electron chi connectivity index (χ2n) is 11.7. The molecule has 1 unspecified atom stereocenters. The summed E-state index contributed by atoms with van der Waals surface area (Å²) >= 11 is 0. The van der Waals surface area contributed by atoms with E-state index < -0.39 is 11.6 Å². The van der Waals surface area contributed by atoms with Gasteiger partial charge in [0.25, 0.3) is 0 Å². The standard InChI is InChI=1S/C34H33F2N7/c1-20-4-6-30(38-16-20)21(2)43-19-29(22-5-7-31-24(12-22)18-41(3)40-31)32-33(42-10-8-27(37)9-11-42)28(17-39-34(32)43)23-13-25(35)15-26(36)14-23/h4-7,12-19,21,27H,8-11,37H2,1-3H3. The van der Waals surface area contributed by atoms with Crippen molar-refractivity contribution in [2.45, 2.75) is 38.8 Å². The minimum Gasteiger partial charge on any atom is -0.370 e. The van der Waals surface area contributed by atoms with Crippen molar-refractivity contribution in [1.82, 2.24) is 24.3 Å². The van der Waals surface area contributed by atoms with E-state index in [1.807, 2.05) is 43.2 Å². The van der Waals surface area contributed by atoms with Crippen LogP contribution >= 0.6 is 0 Å². The van der Waals surface area contributed by atoms with Crippen LogP contribution in [0.5, 0.6) is 0 Å². The number of rotatable bonds is 5. The van der Waals surface area contributed by atoms with Crippen molar-refractivity contribution < 1.29 is 8.78 Å². The Kier molecular flexibility index (Phi) is 6.69. The van der Waals surface area contributed by atoms with Gasteiger partial charge in [-0.05, 0) is 73.7 Å². The van der Waals surface area contributed by atoms with Crippen molar-refractivity contribution in [2.24, 2.45) is 12.8 Å². The van der Waals surface area contributed by atoms with Crippen LogP contribution in [0.1, 0.15) is 37.1 Å². The highest BCUT2D eigenvalue weighted by Gasteiger charge is 2.28. The van der Waals surface area contributed by atoms with Gasteiger partial charge >= 0.3 is 0 Å². The predicted molar refractivity (Wildman–Crippen MR) is 167 cm³/mol. The fourth-order valence-electron chi connectivity index (χ4n) is 6.27. The van der Waals surface area contributed by atoms with Crippen molar-refractivity contribution in [3.63, 3.8) is 0 Å². The van der Waals surface area contributed by atoms with Crippen LogP contribution in [0.3, 0.4) is 0 Å². The Balaban J connectivity index is 1.54. The number of piperidine rings is 1. The summed E-state index contributed by atoms with van der Waals surface area (Å²) in [5.41, 5.74) is 14.0. The molecule has 43 heavy (non-hydrogen) atoms. The molecule has 0 spiro atoms. The molecule has 0 aliphatic carbocycles. The number of anilines is 1. The van der Waals surface area contributed by atoms with Gasteiger partial charge in [-0.15, -0.1) is 0 Å². The number of hydrogen-bond donors (Lipinski definition) is 1. The lowest BCUT2D eigenvalue weighted by Gasteiger charge is -2.34. The lowest BCUT2D eigenvalue weighted by molar-refractivity contribution is 0.502. The fourth-order valence-corrected chi connectivity index (χ4v) is 6.27. The van der Waals surface area contributed by atoms with Gasteiger partial charge in [0.15, 0.2) is 0 Å². The van der Waals surface area contributed by atoms with E-state index in [-0.39, 0.29) is 12.1 Å². The first kappa shape index (κ1) is 27.2. The summed E-state index contributed by atoms with van der Waals surface area (Å²) in [4.78, 5) is 12.0. The Labute approximate surface area is 248 Å². The summed E-state index contributed by atoms with van der Waals surface area (Å²) in [6, 6.07) is 14.0. The number of hydrogen-bond acceptors (Lipinski definition) is 5. The highest BCUT2D eigenvalue weighted by atomic mass is 19.1. The number of nitrogens with zero attached hydrogens (tertiary/aromatic N) is 6. The zero-order chi connectivity index (χ0) is 29.8. The van der Waals surface area contributed by atoms with Crippen LogP contribution in [-0.2, 0) is 7.05 Å². The maximum Gasteiger partial charge on any atom is 0.143 e. The molecular formula is C34H33F2N7. The van der Waals surface area contributed by atoms with Gasteiger partial charge in [-0.1, -0.05) is 12.1 Å². The van der Waals surface area contributed by atoms with Crippen LogP contribution < -0.4 is 10.6 Å². The summed E-state index contributed by atoms with van der Waals surface area (Å²) in [5.74, 6) is -1.25. The third-order valence-corrected chi connectivity index (χ3v) is 8.55. The number of pyridine rings is 2. The van der Waals surface area contributed by atoms with Crippen molar-refractivity contribution in [2.75, 3.05) is 18.0 Å². The molecule has 7 nitrogen and oxygen atoms in total. The summed E-state index contributed by atoms with van der Waals surface area (Å²) in [6.07, 6.45) is 9.41. The summed E-state index contributed by atoms with van der Waals surface area (Å²) in [7, 11) is 1.91. The molecule has 1 saturated heterocycles. The monoisotopic (exact) mass is 577 g/mol. The summed E-state index contributed by atoms with van der Waals surface area (Å²) in [6.45, 7) is 5.59. The Hall–Kier alpha value is -4.63. The smallest absolute Gasteiger partial charge is 0.143 e. The first-order valence-electron chi connectivity index (χ1n) is 14.6. The van der Waals surface area contributed by atoms with Gasteiger partial charge < -0.3 is 15.2 Å². The zero-order valence-electron chi connectivity index (χ0n) is 24.4. The molecule has 1 fully saturated rings. The molecule has 2 aromatic carbocycles. The number of halogens is 2. The average Bonchev–Trinajstić information content (AvgIpc) is 3.56. The number of aromatic nitrogens is 5. The lowest BCUT2D eigenvalue weighted by atomic mass is 9.96. The maximum atomic E-state index is 14.6. The Morgan fingerprint density at radius 1 is 0.884 bits per heavy atom. The molecule has 0 amide bonds. The van der Waals surface area contributed by atoms with Crippen LogP contribution in [-0.4, -0.2) is 43.4 Å². The fraction of sp³-hybridized carbons (Fsp3) is 0.265. The van der Waals surface area contributed by atoms with Crippen LogP contribution in [0, 0.1) is 18.6 Å². The maximum absolute atomic E-state index is 14.6. The highest BCUT2D eigenvalue weighted by Crippen LogP contribution is 2.45. The Morgan fingerprint density at radius 2 is 1.65 bits per heavy atom. The van der Waals surface area contributed by atoms with Crippen LogP contribution in [0.25, 0.3) is 44.2 Å². The molecule has 1 aliphatic heterocycles. The van der Waals surface area contributed by atoms with Crippen molar-refractivity contribution in [1.29, 1.82) is 0 Å². The van der Waals surface area contributed by atoms with Gasteiger partial charge in [0.1, 0.15) is 17.3 Å². The van der Waals surface area contributed by atoms with Crippen LogP contribution in [0.4, 0.5) is 14.5 Å². The first-order chi connectivity index (χ1) is 20.7. The van der Waals surface area contributed by atoms with E-state index in [4.69, 9.17) is 15.7 Å². The average molecular weight is 578 g/mol. The van der Waals surface area contributed by atoms with Crippen molar-refractivity contribution in [3.8, 4) is 22.3 Å². The van der Waals surface area contributed by atoms with Gasteiger partial charge in [-0.3, -0.25) is 9.67 Å². The van der Waals surface area contributed by atoms with E-state index in [0.29, 0.717) is 11.1 Å². The molecule has 1 aliphatic rings. The molecule has 6 aromatic rings. The lowest BCUT2D eigenvalue weighted by Crippen LogP contribution is -2.40. The molecule has 9 heteroatoms. The number of benzene rings is 2. The van der Waals surface area contributed by atoms with E-state index >= 15 is 0 Å². The zero-order valence-corrected chi connectivity index (χ0v) is 24.4. The highest BCUT2D eigenvalue weighted by molar-refractivity contribution is 6.08. The first-order valence-corrected chi connectivity index (χ1v) is 14.6. The molecule has 0 bridgehead atoms. The number of aryl methyl sites for hydroxylation is 2. The normalized spacial score (nSPS) is 15.1. The van der Waals surface area contributed by atoms with Crippen molar-refractivity contribution in [3.05, 3.63) is 96.2 Å². The molecule has 7 rings (SSSR count). The van der Waals surface area contributed by atoms with Gasteiger partial charge in [-0.2, -0.15) is 5.10 Å². The molecule has 0 radical (unpaired) electrons. The molecule has 4 aromatic heterocycles. The van der Waals surface area contributed by atoms with Gasteiger partial charge in [-0.25, -0.2) is 13.8 Å². The topological polar surface area (TPSA) is 77.8 Å². The van der Waals surface area contributed by atoms with Gasteiger partial charge in [0, 0.05) is 73.5 Å². The molecular weight excluding hydrogens is 544 g/mol. The second-order valence-corrected chi connectivity index (χ2v) is 11.7. The quantitative estimate of drug-likeness (QED) is 0.245. The van der Waals surface area contributed by atoms with E-state index in [9.17, 15) is 8.78 Å². The van der Waals surface area contributed by atoms with Crippen LogP contribution in [0.15, 0.2) is 73.3 Å². The van der Waals surface area contributed by atoms with E-state index in [2.05, 4.69) is 45.9 Å². The number of fused-ring (bicyclic) bond motifs is 2. The van der Waals surface area contributed by atoms with E-state index in [1.54, 1.807) is 6.20 Å². The van der Waals surface area contributed by atoms with E-state index in [1.165, 1.54) is 12.1 Å². The Bertz CT molecular complexity index is 1950.